The fourth-order valence-electron chi connectivity index (χ4n) is 2.40. The number of halogens is 2. The van der Waals surface area contributed by atoms with Crippen LogP contribution in [0.5, 0.6) is 0 Å². The van der Waals surface area contributed by atoms with Crippen molar-refractivity contribution >= 4 is 11.9 Å². The minimum atomic E-state index is -1.08. The summed E-state index contributed by atoms with van der Waals surface area (Å²) in [6.07, 6.45) is -1.15. The Morgan fingerprint density at radius 2 is 2.14 bits per heavy atom. The van der Waals surface area contributed by atoms with Crippen molar-refractivity contribution in [1.82, 2.24) is 4.90 Å². The van der Waals surface area contributed by atoms with Crippen LogP contribution in [0.2, 0.25) is 0 Å². The van der Waals surface area contributed by atoms with Gasteiger partial charge in [-0.1, -0.05) is 12.1 Å². The minimum absolute atomic E-state index is 0.0322. The van der Waals surface area contributed by atoms with Crippen molar-refractivity contribution in [3.8, 4) is 0 Å². The Kier molecular flexibility index (Phi) is 4.52. The Morgan fingerprint density at radius 1 is 1.43 bits per heavy atom. The van der Waals surface area contributed by atoms with Crippen LogP contribution in [0.25, 0.3) is 0 Å². The van der Waals surface area contributed by atoms with Gasteiger partial charge in [0.15, 0.2) is 11.6 Å². The number of β-amino-alcohol motifs (C(OH)–C–C–N with tert-alkyl or cyclic N) is 1. The van der Waals surface area contributed by atoms with Crippen LogP contribution in [-0.4, -0.2) is 47.7 Å². The van der Waals surface area contributed by atoms with Crippen LogP contribution in [0.3, 0.4) is 0 Å². The van der Waals surface area contributed by atoms with E-state index in [2.05, 4.69) is 4.74 Å². The van der Waals surface area contributed by atoms with E-state index >= 15 is 0 Å². The number of hydrogen-bond donors (Lipinski definition) is 1. The molecule has 0 saturated carbocycles. The second-order valence-electron chi connectivity index (χ2n) is 4.86. The third kappa shape index (κ3) is 3.18. The number of benzene rings is 1. The average Bonchev–Trinajstić information content (AvgIpc) is 2.85. The van der Waals surface area contributed by atoms with Gasteiger partial charge in [-0.2, -0.15) is 0 Å². The molecule has 1 fully saturated rings. The van der Waals surface area contributed by atoms with Crippen LogP contribution >= 0.6 is 0 Å². The predicted octanol–water partition coefficient (Wildman–Crippen LogP) is 0.642. The third-order valence-electron chi connectivity index (χ3n) is 3.45. The lowest BCUT2D eigenvalue weighted by molar-refractivity contribution is -0.150. The van der Waals surface area contributed by atoms with Gasteiger partial charge < -0.3 is 14.7 Å². The van der Waals surface area contributed by atoms with Gasteiger partial charge in [0, 0.05) is 18.5 Å². The first-order valence-electron chi connectivity index (χ1n) is 6.42. The van der Waals surface area contributed by atoms with Gasteiger partial charge in [0.1, 0.15) is 6.04 Å². The second kappa shape index (κ2) is 6.17. The molecule has 0 aromatic heterocycles. The molecule has 1 aliphatic rings. The lowest BCUT2D eigenvalue weighted by Gasteiger charge is -2.22. The van der Waals surface area contributed by atoms with E-state index in [4.69, 9.17) is 0 Å². The molecule has 7 heteroatoms. The summed E-state index contributed by atoms with van der Waals surface area (Å²) in [6, 6.07) is 2.67. The first-order valence-corrected chi connectivity index (χ1v) is 6.42. The van der Waals surface area contributed by atoms with Gasteiger partial charge in [-0.05, 0) is 6.07 Å². The monoisotopic (exact) mass is 299 g/mol. The lowest BCUT2D eigenvalue weighted by atomic mass is 10.1. The predicted molar refractivity (Wildman–Crippen MR) is 68.2 cm³/mol. The summed E-state index contributed by atoms with van der Waals surface area (Å²) in [5.74, 6) is -3.32. The van der Waals surface area contributed by atoms with E-state index < -0.39 is 35.7 Å². The van der Waals surface area contributed by atoms with Crippen LogP contribution in [0.15, 0.2) is 18.2 Å². The summed E-state index contributed by atoms with van der Waals surface area (Å²) in [5.41, 5.74) is -0.0926. The number of likely N-dealkylation sites (tertiary alicyclic amines) is 1. The zero-order chi connectivity index (χ0) is 15.6. The number of aliphatic hydroxyl groups excluding tert-OH is 1. The second-order valence-corrected chi connectivity index (χ2v) is 4.86. The smallest absolute Gasteiger partial charge is 0.328 e. The van der Waals surface area contributed by atoms with E-state index in [1.807, 2.05) is 0 Å². The lowest BCUT2D eigenvalue weighted by Crippen LogP contribution is -2.42. The summed E-state index contributed by atoms with van der Waals surface area (Å²) in [6.45, 7) is -0.0322. The Morgan fingerprint density at radius 3 is 2.81 bits per heavy atom. The number of amides is 1. The molecule has 2 atom stereocenters. The van der Waals surface area contributed by atoms with Crippen LogP contribution in [0, 0.1) is 11.6 Å². The molecule has 1 saturated heterocycles. The summed E-state index contributed by atoms with van der Waals surface area (Å²) < 4.78 is 31.3. The molecule has 1 aliphatic heterocycles. The number of methoxy groups -OCH3 is 1. The third-order valence-corrected chi connectivity index (χ3v) is 3.45. The highest BCUT2D eigenvalue weighted by atomic mass is 19.2. The van der Waals surface area contributed by atoms with Gasteiger partial charge in [0.2, 0.25) is 5.91 Å². The number of carbonyl (C=O) groups excluding carboxylic acids is 2. The SMILES string of the molecule is COC(=O)C1CC(O)CN1C(=O)Cc1cccc(F)c1F. The maximum Gasteiger partial charge on any atom is 0.328 e. The van der Waals surface area contributed by atoms with Crippen LogP contribution in [0.1, 0.15) is 12.0 Å². The molecule has 0 radical (unpaired) electrons. The number of rotatable bonds is 3. The molecule has 21 heavy (non-hydrogen) atoms. The van der Waals surface area contributed by atoms with Crippen LogP contribution < -0.4 is 0 Å². The van der Waals surface area contributed by atoms with Gasteiger partial charge in [-0.3, -0.25) is 4.79 Å². The van der Waals surface area contributed by atoms with E-state index in [0.29, 0.717) is 0 Å². The van der Waals surface area contributed by atoms with Crippen molar-refractivity contribution < 1.29 is 28.2 Å². The molecule has 1 heterocycles. The number of hydrogen-bond acceptors (Lipinski definition) is 4. The molecule has 114 valence electrons. The van der Waals surface area contributed by atoms with Gasteiger partial charge >= 0.3 is 5.97 Å². The molecular formula is C14H15F2NO4. The molecule has 1 amide bonds. The van der Waals surface area contributed by atoms with Crippen LogP contribution in [-0.2, 0) is 20.7 Å². The van der Waals surface area contributed by atoms with Crippen molar-refractivity contribution in [1.29, 1.82) is 0 Å². The summed E-state index contributed by atoms with van der Waals surface area (Å²) in [4.78, 5) is 24.9. The van der Waals surface area contributed by atoms with Crippen molar-refractivity contribution in [3.63, 3.8) is 0 Å². The standard InChI is InChI=1S/C14H15F2NO4/c1-21-14(20)11-6-9(18)7-17(11)12(19)5-8-3-2-4-10(15)13(8)16/h2-4,9,11,18H,5-7H2,1H3. The molecule has 2 rings (SSSR count). The van der Waals surface area contributed by atoms with Crippen molar-refractivity contribution in [2.75, 3.05) is 13.7 Å². The van der Waals surface area contributed by atoms with Gasteiger partial charge in [0.25, 0.3) is 0 Å². The number of aliphatic hydroxyl groups is 1. The molecule has 0 bridgehead atoms. The van der Waals surface area contributed by atoms with Crippen LogP contribution in [0.4, 0.5) is 8.78 Å². The fourth-order valence-corrected chi connectivity index (χ4v) is 2.40. The summed E-state index contributed by atoms with van der Waals surface area (Å²) >= 11 is 0. The zero-order valence-electron chi connectivity index (χ0n) is 11.4. The van der Waals surface area contributed by atoms with Gasteiger partial charge in [-0.25, -0.2) is 13.6 Å². The zero-order valence-corrected chi connectivity index (χ0v) is 11.4. The normalized spacial score (nSPS) is 21.4. The van der Waals surface area contributed by atoms with Crippen molar-refractivity contribution in [2.45, 2.75) is 25.0 Å². The fraction of sp³-hybridized carbons (Fsp3) is 0.429. The molecule has 1 aromatic rings. The summed E-state index contributed by atoms with van der Waals surface area (Å²) in [5, 5.41) is 9.59. The van der Waals surface area contributed by atoms with E-state index in [0.717, 1.165) is 11.0 Å². The number of esters is 1. The Bertz CT molecular complexity index is 564. The average molecular weight is 299 g/mol. The molecule has 2 unspecified atom stereocenters. The topological polar surface area (TPSA) is 66.8 Å². The highest BCUT2D eigenvalue weighted by Crippen LogP contribution is 2.21. The highest BCUT2D eigenvalue weighted by Gasteiger charge is 2.39. The number of nitrogens with zero attached hydrogens (tertiary/aromatic N) is 1. The van der Waals surface area contributed by atoms with E-state index in [-0.39, 0.29) is 24.9 Å². The maximum absolute atomic E-state index is 13.6. The Balaban J connectivity index is 2.15. The Hall–Kier alpha value is -2.02. The molecular weight excluding hydrogens is 284 g/mol. The van der Waals surface area contributed by atoms with Gasteiger partial charge in [0.05, 0.1) is 19.6 Å². The van der Waals surface area contributed by atoms with E-state index in [9.17, 15) is 23.5 Å². The molecule has 0 spiro atoms. The molecule has 5 nitrogen and oxygen atoms in total. The highest BCUT2D eigenvalue weighted by molar-refractivity contribution is 5.86. The van der Waals surface area contributed by atoms with Crippen molar-refractivity contribution in [3.05, 3.63) is 35.4 Å². The number of ether oxygens (including phenoxy) is 1. The molecule has 0 aliphatic carbocycles. The largest absolute Gasteiger partial charge is 0.467 e. The van der Waals surface area contributed by atoms with Crippen molar-refractivity contribution in [2.24, 2.45) is 0 Å². The van der Waals surface area contributed by atoms with Gasteiger partial charge in [-0.15, -0.1) is 0 Å². The quantitative estimate of drug-likeness (QED) is 0.832. The Labute approximate surface area is 120 Å². The maximum atomic E-state index is 13.6. The molecule has 1 N–H and O–H groups in total. The summed E-state index contributed by atoms with van der Waals surface area (Å²) in [7, 11) is 1.18. The first kappa shape index (κ1) is 15.4. The van der Waals surface area contributed by atoms with E-state index in [1.54, 1.807) is 0 Å². The number of carbonyl (C=O) groups is 2. The van der Waals surface area contributed by atoms with E-state index in [1.165, 1.54) is 19.2 Å². The minimum Gasteiger partial charge on any atom is -0.467 e. The first-order chi connectivity index (χ1) is 9.93. The molecule has 1 aromatic carbocycles.